The van der Waals surface area contributed by atoms with E-state index in [1.165, 1.54) is 0 Å². The topological polar surface area (TPSA) is 68.7 Å². The van der Waals surface area contributed by atoms with Crippen molar-refractivity contribution in [1.29, 1.82) is 0 Å². The minimum absolute atomic E-state index is 0.147. The first-order valence-electron chi connectivity index (χ1n) is 10.8. The zero-order valence-electron chi connectivity index (χ0n) is 18.5. The van der Waals surface area contributed by atoms with Gasteiger partial charge in [-0.05, 0) is 79.6 Å². The fourth-order valence-electron chi connectivity index (χ4n) is 3.13. The molecule has 32 heavy (non-hydrogen) atoms. The molecule has 1 heterocycles. The fraction of sp³-hybridized carbons (Fsp3) is 0.269. The van der Waals surface area contributed by atoms with Crippen LogP contribution in [0.1, 0.15) is 53.0 Å². The second kappa shape index (κ2) is 11.6. The summed E-state index contributed by atoms with van der Waals surface area (Å²) in [7, 11) is 0. The molecular formula is C26H28N2O4. The maximum absolute atomic E-state index is 13.4. The van der Waals surface area contributed by atoms with Crippen molar-refractivity contribution in [3.05, 3.63) is 89.7 Å². The molecule has 0 N–H and O–H groups in total. The molecule has 0 unspecified atom stereocenters. The molecule has 0 saturated heterocycles. The molecule has 6 heteroatoms. The highest BCUT2D eigenvalue weighted by Gasteiger charge is 2.19. The third-order valence-electron chi connectivity index (χ3n) is 4.89. The van der Waals surface area contributed by atoms with Crippen LogP contribution in [-0.2, 0) is 11.3 Å². The van der Waals surface area contributed by atoms with Crippen molar-refractivity contribution in [1.82, 2.24) is 4.98 Å². The quantitative estimate of drug-likeness (QED) is 0.322. The molecule has 2 aromatic carbocycles. The van der Waals surface area contributed by atoms with Crippen LogP contribution >= 0.6 is 0 Å². The van der Waals surface area contributed by atoms with Crippen LogP contribution in [0.4, 0.5) is 5.69 Å². The van der Waals surface area contributed by atoms with Gasteiger partial charge in [-0.2, -0.15) is 0 Å². The summed E-state index contributed by atoms with van der Waals surface area (Å²) in [6, 6.07) is 17.8. The molecule has 0 atom stereocenters. The number of nitrogens with zero attached hydrogens (tertiary/aromatic N) is 2. The first kappa shape index (κ1) is 23.0. The van der Waals surface area contributed by atoms with E-state index in [0.717, 1.165) is 24.2 Å². The SMILES string of the molecule is CCCCOc1ccc(C(=O)N(Cc2ccncc2)c2ccc(C(=O)OCC)cc2)cc1. The van der Waals surface area contributed by atoms with Crippen molar-refractivity contribution >= 4 is 17.6 Å². The molecule has 0 aliphatic rings. The van der Waals surface area contributed by atoms with Gasteiger partial charge < -0.3 is 14.4 Å². The minimum Gasteiger partial charge on any atom is -0.494 e. The number of unbranched alkanes of at least 4 members (excludes halogenated alkanes) is 1. The summed E-state index contributed by atoms with van der Waals surface area (Å²) >= 11 is 0. The number of hydrogen-bond donors (Lipinski definition) is 0. The maximum atomic E-state index is 13.4. The summed E-state index contributed by atoms with van der Waals surface area (Å²) in [6.45, 7) is 5.22. The number of anilines is 1. The van der Waals surface area contributed by atoms with E-state index in [-0.39, 0.29) is 11.9 Å². The molecule has 166 valence electrons. The average Bonchev–Trinajstić information content (AvgIpc) is 2.84. The molecule has 1 amide bonds. The minimum atomic E-state index is -0.385. The van der Waals surface area contributed by atoms with Crippen LogP contribution in [-0.4, -0.2) is 30.1 Å². The van der Waals surface area contributed by atoms with Gasteiger partial charge in [-0.1, -0.05) is 13.3 Å². The van der Waals surface area contributed by atoms with Crippen molar-refractivity contribution in [2.24, 2.45) is 0 Å². The highest BCUT2D eigenvalue weighted by atomic mass is 16.5. The van der Waals surface area contributed by atoms with E-state index in [9.17, 15) is 9.59 Å². The molecule has 0 saturated carbocycles. The first-order valence-corrected chi connectivity index (χ1v) is 10.8. The lowest BCUT2D eigenvalue weighted by atomic mass is 10.1. The molecule has 6 nitrogen and oxygen atoms in total. The van der Waals surface area contributed by atoms with E-state index in [1.54, 1.807) is 60.6 Å². The van der Waals surface area contributed by atoms with Crippen molar-refractivity contribution < 1.29 is 19.1 Å². The Morgan fingerprint density at radius 1 is 0.875 bits per heavy atom. The van der Waals surface area contributed by atoms with E-state index in [2.05, 4.69) is 11.9 Å². The molecule has 3 aromatic rings. The van der Waals surface area contributed by atoms with Gasteiger partial charge in [0.05, 0.1) is 25.3 Å². The predicted molar refractivity (Wildman–Crippen MR) is 124 cm³/mol. The zero-order chi connectivity index (χ0) is 22.8. The maximum Gasteiger partial charge on any atom is 0.338 e. The van der Waals surface area contributed by atoms with Crippen LogP contribution < -0.4 is 9.64 Å². The lowest BCUT2D eigenvalue weighted by Gasteiger charge is -2.23. The van der Waals surface area contributed by atoms with Crippen molar-refractivity contribution in [3.8, 4) is 5.75 Å². The fourth-order valence-corrected chi connectivity index (χ4v) is 3.13. The standard InChI is InChI=1S/C26H28N2O4/c1-3-5-18-32-24-12-8-21(9-13-24)25(29)28(19-20-14-16-27-17-15-20)23-10-6-22(7-11-23)26(30)31-4-2/h6-17H,3-5,18-19H2,1-2H3. The number of rotatable bonds is 10. The molecule has 0 aliphatic heterocycles. The van der Waals surface area contributed by atoms with Gasteiger partial charge in [-0.15, -0.1) is 0 Å². The van der Waals surface area contributed by atoms with Crippen molar-refractivity contribution in [2.45, 2.75) is 33.2 Å². The first-order chi connectivity index (χ1) is 15.6. The van der Waals surface area contributed by atoms with Crippen molar-refractivity contribution in [3.63, 3.8) is 0 Å². The summed E-state index contributed by atoms with van der Waals surface area (Å²) in [6.07, 6.45) is 5.45. The predicted octanol–water partition coefficient (Wildman–Crippen LogP) is 5.28. The number of ether oxygens (including phenoxy) is 2. The monoisotopic (exact) mass is 432 g/mol. The number of pyridine rings is 1. The molecule has 0 fully saturated rings. The van der Waals surface area contributed by atoms with Crippen LogP contribution in [0.25, 0.3) is 0 Å². The van der Waals surface area contributed by atoms with Crippen LogP contribution in [0.2, 0.25) is 0 Å². The van der Waals surface area contributed by atoms with Gasteiger partial charge in [0.25, 0.3) is 5.91 Å². The highest BCUT2D eigenvalue weighted by molar-refractivity contribution is 6.06. The number of hydrogen-bond acceptors (Lipinski definition) is 5. The number of aromatic nitrogens is 1. The Kier molecular flexibility index (Phi) is 8.37. The van der Waals surface area contributed by atoms with Crippen LogP contribution in [0.15, 0.2) is 73.1 Å². The lowest BCUT2D eigenvalue weighted by molar-refractivity contribution is 0.0526. The Labute approximate surface area is 188 Å². The normalized spacial score (nSPS) is 10.4. The van der Waals surface area contributed by atoms with Crippen molar-refractivity contribution in [2.75, 3.05) is 18.1 Å². The van der Waals surface area contributed by atoms with Gasteiger partial charge in [0.1, 0.15) is 5.75 Å². The third kappa shape index (κ3) is 6.17. The zero-order valence-corrected chi connectivity index (χ0v) is 18.5. The summed E-state index contributed by atoms with van der Waals surface area (Å²) in [5.41, 5.74) is 2.63. The van der Waals surface area contributed by atoms with E-state index >= 15 is 0 Å². The number of carbonyl (C=O) groups is 2. The van der Waals surface area contributed by atoms with Gasteiger partial charge in [0.2, 0.25) is 0 Å². The van der Waals surface area contributed by atoms with Crippen LogP contribution in [0.3, 0.4) is 0 Å². The van der Waals surface area contributed by atoms with Gasteiger partial charge in [-0.3, -0.25) is 9.78 Å². The molecule has 3 rings (SSSR count). The Morgan fingerprint density at radius 2 is 1.53 bits per heavy atom. The number of benzene rings is 2. The molecule has 1 aromatic heterocycles. The van der Waals surface area contributed by atoms with Crippen LogP contribution in [0, 0.1) is 0 Å². The summed E-state index contributed by atoms with van der Waals surface area (Å²) in [5.74, 6) is 0.213. The Balaban J connectivity index is 1.84. The Morgan fingerprint density at radius 3 is 2.16 bits per heavy atom. The number of carbonyl (C=O) groups excluding carboxylic acids is 2. The molecule has 0 spiro atoms. The Hall–Kier alpha value is -3.67. The van der Waals surface area contributed by atoms with E-state index < -0.39 is 0 Å². The third-order valence-corrected chi connectivity index (χ3v) is 4.89. The van der Waals surface area contributed by atoms with Gasteiger partial charge in [0.15, 0.2) is 0 Å². The highest BCUT2D eigenvalue weighted by Crippen LogP contribution is 2.23. The molecular weight excluding hydrogens is 404 g/mol. The summed E-state index contributed by atoms with van der Waals surface area (Å²) in [4.78, 5) is 31.1. The average molecular weight is 433 g/mol. The van der Waals surface area contributed by atoms with Gasteiger partial charge in [0, 0.05) is 23.6 Å². The lowest BCUT2D eigenvalue weighted by Crippen LogP contribution is -2.30. The van der Waals surface area contributed by atoms with E-state index in [1.807, 2.05) is 24.3 Å². The number of esters is 1. The van der Waals surface area contributed by atoms with Gasteiger partial charge in [-0.25, -0.2) is 4.79 Å². The smallest absolute Gasteiger partial charge is 0.338 e. The molecule has 0 radical (unpaired) electrons. The summed E-state index contributed by atoms with van der Waals surface area (Å²) in [5, 5.41) is 0. The van der Waals surface area contributed by atoms with E-state index in [4.69, 9.17) is 9.47 Å². The number of amides is 1. The van der Waals surface area contributed by atoms with Crippen LogP contribution in [0.5, 0.6) is 5.75 Å². The second-order valence-corrected chi connectivity index (χ2v) is 7.24. The molecule has 0 bridgehead atoms. The largest absolute Gasteiger partial charge is 0.494 e. The molecule has 0 aliphatic carbocycles. The second-order valence-electron chi connectivity index (χ2n) is 7.24. The Bertz CT molecular complexity index is 1000. The summed E-state index contributed by atoms with van der Waals surface area (Å²) < 4.78 is 10.8. The van der Waals surface area contributed by atoms with E-state index in [0.29, 0.717) is 36.6 Å². The van der Waals surface area contributed by atoms with Gasteiger partial charge >= 0.3 is 5.97 Å².